The zero-order chi connectivity index (χ0) is 18.3. The molecule has 1 aromatic heterocycles. The van der Waals surface area contributed by atoms with Gasteiger partial charge in [0.15, 0.2) is 0 Å². The standard InChI is InChI=1S/C20H18N2O3S/c1-11(17-10-13-5-3-4-6-16(13)25-17)21-20(24)14-7-8-18-15(9-14)22-19(23)12(2)26-18/h3-12H,1-2H3,(H,21,24)(H,22,23)/t11-,12+/m0/s1. The lowest BCUT2D eigenvalue weighted by molar-refractivity contribution is -0.115. The number of hydrogen-bond donors (Lipinski definition) is 2. The fraction of sp³-hybridized carbons (Fsp3) is 0.200. The molecule has 0 saturated heterocycles. The second-order valence-electron chi connectivity index (χ2n) is 6.34. The molecule has 26 heavy (non-hydrogen) atoms. The summed E-state index contributed by atoms with van der Waals surface area (Å²) in [6, 6.07) is 14.8. The predicted octanol–water partition coefficient (Wildman–Crippen LogP) is 4.36. The molecule has 4 rings (SSSR count). The Morgan fingerprint density at radius 1 is 1.23 bits per heavy atom. The van der Waals surface area contributed by atoms with Gasteiger partial charge in [-0.25, -0.2) is 0 Å². The van der Waals surface area contributed by atoms with Crippen LogP contribution in [0.2, 0.25) is 0 Å². The molecule has 0 saturated carbocycles. The molecule has 6 heteroatoms. The third kappa shape index (κ3) is 3.08. The topological polar surface area (TPSA) is 71.3 Å². The van der Waals surface area contributed by atoms with Gasteiger partial charge in [0.2, 0.25) is 5.91 Å². The Balaban J connectivity index is 1.52. The molecule has 3 aromatic rings. The second kappa shape index (κ2) is 6.53. The SMILES string of the molecule is C[C@H](NC(=O)c1ccc2c(c1)NC(=O)[C@@H](C)S2)c1cc2ccccc2o1. The third-order valence-electron chi connectivity index (χ3n) is 4.39. The number of amides is 2. The smallest absolute Gasteiger partial charge is 0.251 e. The number of nitrogens with one attached hydrogen (secondary N) is 2. The summed E-state index contributed by atoms with van der Waals surface area (Å²) in [6.45, 7) is 3.74. The fourth-order valence-corrected chi connectivity index (χ4v) is 3.85. The van der Waals surface area contributed by atoms with Gasteiger partial charge in [0, 0.05) is 15.8 Å². The van der Waals surface area contributed by atoms with Crippen molar-refractivity contribution in [1.82, 2.24) is 5.32 Å². The van der Waals surface area contributed by atoms with Crippen molar-refractivity contribution in [2.24, 2.45) is 0 Å². The van der Waals surface area contributed by atoms with Gasteiger partial charge in [0.05, 0.1) is 17.0 Å². The number of carbonyl (C=O) groups is 2. The maximum atomic E-state index is 12.6. The number of fused-ring (bicyclic) bond motifs is 2. The van der Waals surface area contributed by atoms with E-state index in [1.54, 1.807) is 12.1 Å². The lowest BCUT2D eigenvalue weighted by Gasteiger charge is -2.22. The number of benzene rings is 2. The van der Waals surface area contributed by atoms with Crippen LogP contribution in [0.25, 0.3) is 11.0 Å². The van der Waals surface area contributed by atoms with Gasteiger partial charge in [-0.3, -0.25) is 9.59 Å². The van der Waals surface area contributed by atoms with E-state index in [2.05, 4.69) is 10.6 Å². The largest absolute Gasteiger partial charge is 0.459 e. The Bertz CT molecular complexity index is 978. The van der Waals surface area contributed by atoms with Crippen LogP contribution in [0.15, 0.2) is 57.8 Å². The van der Waals surface area contributed by atoms with Crippen molar-refractivity contribution in [3.63, 3.8) is 0 Å². The van der Waals surface area contributed by atoms with Crippen LogP contribution in [0.4, 0.5) is 5.69 Å². The van der Waals surface area contributed by atoms with E-state index in [9.17, 15) is 9.59 Å². The zero-order valence-electron chi connectivity index (χ0n) is 14.4. The van der Waals surface area contributed by atoms with Crippen LogP contribution < -0.4 is 10.6 Å². The Morgan fingerprint density at radius 3 is 2.85 bits per heavy atom. The van der Waals surface area contributed by atoms with Gasteiger partial charge in [-0.05, 0) is 44.2 Å². The van der Waals surface area contributed by atoms with Crippen LogP contribution in [0.1, 0.15) is 36.0 Å². The Kier molecular flexibility index (Phi) is 4.20. The maximum absolute atomic E-state index is 12.6. The van der Waals surface area contributed by atoms with Gasteiger partial charge in [0.1, 0.15) is 11.3 Å². The first kappa shape index (κ1) is 16.7. The normalized spacial score (nSPS) is 17.5. The first-order valence-electron chi connectivity index (χ1n) is 8.42. The van der Waals surface area contributed by atoms with Gasteiger partial charge in [-0.15, -0.1) is 11.8 Å². The highest BCUT2D eigenvalue weighted by molar-refractivity contribution is 8.00. The van der Waals surface area contributed by atoms with E-state index in [0.29, 0.717) is 17.0 Å². The molecule has 5 nitrogen and oxygen atoms in total. The van der Waals surface area contributed by atoms with E-state index in [0.717, 1.165) is 15.9 Å². The van der Waals surface area contributed by atoms with Crippen molar-refractivity contribution in [2.75, 3.05) is 5.32 Å². The minimum Gasteiger partial charge on any atom is -0.459 e. The Hall–Kier alpha value is -2.73. The number of anilines is 1. The summed E-state index contributed by atoms with van der Waals surface area (Å²) < 4.78 is 5.81. The Morgan fingerprint density at radius 2 is 2.04 bits per heavy atom. The number of furan rings is 1. The fourth-order valence-electron chi connectivity index (χ4n) is 2.92. The highest BCUT2D eigenvalue weighted by atomic mass is 32.2. The molecule has 0 radical (unpaired) electrons. The molecule has 0 fully saturated rings. The summed E-state index contributed by atoms with van der Waals surface area (Å²) in [6.07, 6.45) is 0. The second-order valence-corrected chi connectivity index (χ2v) is 7.72. The van der Waals surface area contributed by atoms with Crippen molar-refractivity contribution in [1.29, 1.82) is 0 Å². The van der Waals surface area contributed by atoms with Crippen LogP contribution >= 0.6 is 11.8 Å². The summed E-state index contributed by atoms with van der Waals surface area (Å²) in [4.78, 5) is 25.4. The van der Waals surface area contributed by atoms with Crippen molar-refractivity contribution in [3.05, 3.63) is 59.9 Å². The quantitative estimate of drug-likeness (QED) is 0.723. The van der Waals surface area contributed by atoms with Crippen LogP contribution in [-0.4, -0.2) is 17.1 Å². The summed E-state index contributed by atoms with van der Waals surface area (Å²) in [5, 5.41) is 6.67. The number of rotatable bonds is 3. The number of carbonyl (C=O) groups excluding carboxylic acids is 2. The van der Waals surface area contributed by atoms with Gasteiger partial charge in [0.25, 0.3) is 5.91 Å². The van der Waals surface area contributed by atoms with E-state index in [1.807, 2.05) is 50.2 Å². The molecule has 1 aliphatic rings. The minimum atomic E-state index is -0.269. The van der Waals surface area contributed by atoms with E-state index < -0.39 is 0 Å². The Labute approximate surface area is 155 Å². The summed E-state index contributed by atoms with van der Waals surface area (Å²) in [7, 11) is 0. The molecule has 0 spiro atoms. The van der Waals surface area contributed by atoms with Gasteiger partial charge in [-0.1, -0.05) is 18.2 Å². The molecule has 0 aliphatic carbocycles. The molecular weight excluding hydrogens is 348 g/mol. The monoisotopic (exact) mass is 366 g/mol. The highest BCUT2D eigenvalue weighted by Gasteiger charge is 2.24. The van der Waals surface area contributed by atoms with Crippen LogP contribution in [0, 0.1) is 0 Å². The van der Waals surface area contributed by atoms with E-state index in [4.69, 9.17) is 4.42 Å². The molecule has 2 atom stereocenters. The predicted molar refractivity (Wildman–Crippen MR) is 102 cm³/mol. The van der Waals surface area contributed by atoms with Crippen molar-refractivity contribution >= 4 is 40.2 Å². The third-order valence-corrected chi connectivity index (χ3v) is 5.57. The summed E-state index contributed by atoms with van der Waals surface area (Å²) in [5.74, 6) is 0.449. The molecule has 2 amide bonds. The van der Waals surface area contributed by atoms with Crippen LogP contribution in [0.3, 0.4) is 0 Å². The molecule has 2 N–H and O–H groups in total. The first-order valence-corrected chi connectivity index (χ1v) is 9.30. The van der Waals surface area contributed by atoms with Crippen molar-refractivity contribution in [3.8, 4) is 0 Å². The number of para-hydroxylation sites is 1. The number of thioether (sulfide) groups is 1. The molecule has 0 bridgehead atoms. The number of hydrogen-bond acceptors (Lipinski definition) is 4. The van der Waals surface area contributed by atoms with Gasteiger partial charge < -0.3 is 15.1 Å². The average Bonchev–Trinajstić information content (AvgIpc) is 3.06. The lowest BCUT2D eigenvalue weighted by atomic mass is 10.1. The molecule has 2 aromatic carbocycles. The van der Waals surface area contributed by atoms with Gasteiger partial charge in [-0.2, -0.15) is 0 Å². The van der Waals surface area contributed by atoms with E-state index >= 15 is 0 Å². The summed E-state index contributed by atoms with van der Waals surface area (Å²) in [5.41, 5.74) is 1.98. The minimum absolute atomic E-state index is 0.0456. The zero-order valence-corrected chi connectivity index (χ0v) is 15.2. The highest BCUT2D eigenvalue weighted by Crippen LogP contribution is 2.36. The van der Waals surface area contributed by atoms with Crippen molar-refractivity contribution < 1.29 is 14.0 Å². The van der Waals surface area contributed by atoms with Crippen LogP contribution in [-0.2, 0) is 4.79 Å². The lowest BCUT2D eigenvalue weighted by Crippen LogP contribution is -2.28. The first-order chi connectivity index (χ1) is 12.5. The van der Waals surface area contributed by atoms with Crippen LogP contribution in [0.5, 0.6) is 0 Å². The summed E-state index contributed by atoms with van der Waals surface area (Å²) >= 11 is 1.49. The molecule has 132 valence electrons. The molecule has 0 unspecified atom stereocenters. The van der Waals surface area contributed by atoms with E-state index in [1.165, 1.54) is 11.8 Å². The molecule has 2 heterocycles. The molecule has 1 aliphatic heterocycles. The van der Waals surface area contributed by atoms with E-state index in [-0.39, 0.29) is 23.1 Å². The maximum Gasteiger partial charge on any atom is 0.251 e. The van der Waals surface area contributed by atoms with Gasteiger partial charge >= 0.3 is 0 Å². The van der Waals surface area contributed by atoms with Crippen molar-refractivity contribution in [2.45, 2.75) is 30.0 Å². The molecular formula is C20H18N2O3S. The average molecular weight is 366 g/mol.